The highest BCUT2D eigenvalue weighted by molar-refractivity contribution is 6.35. The third kappa shape index (κ3) is 2.67. The van der Waals surface area contributed by atoms with Crippen LogP contribution in [0.15, 0.2) is 30.5 Å². The van der Waals surface area contributed by atoms with Gasteiger partial charge < -0.3 is 0 Å². The Morgan fingerprint density at radius 1 is 1.24 bits per heavy atom. The highest BCUT2D eigenvalue weighted by Gasteiger charge is 2.33. The summed E-state index contributed by atoms with van der Waals surface area (Å²) in [7, 11) is 0. The maximum atomic E-state index is 13.1. The van der Waals surface area contributed by atoms with Crippen molar-refractivity contribution in [2.75, 3.05) is 4.90 Å². The topological polar surface area (TPSA) is 55.2 Å². The van der Waals surface area contributed by atoms with Crippen LogP contribution in [0, 0.1) is 5.82 Å². The van der Waals surface area contributed by atoms with Crippen molar-refractivity contribution < 1.29 is 14.0 Å². The lowest BCUT2D eigenvalue weighted by molar-refractivity contribution is -0.121. The zero-order chi connectivity index (χ0) is 15.0. The van der Waals surface area contributed by atoms with E-state index >= 15 is 0 Å². The molecule has 3 rings (SSSR count). The molecule has 5 nitrogen and oxygen atoms in total. The van der Waals surface area contributed by atoms with Crippen LogP contribution in [0.2, 0.25) is 5.02 Å². The number of carbonyl (C=O) groups excluding carboxylic acids is 2. The lowest BCUT2D eigenvalue weighted by atomic mass is 10.2. The quantitative estimate of drug-likeness (QED) is 0.818. The first-order chi connectivity index (χ1) is 10.0. The molecule has 2 aromatic rings. The van der Waals surface area contributed by atoms with E-state index < -0.39 is 0 Å². The fourth-order valence-electron chi connectivity index (χ4n) is 2.25. The number of benzene rings is 1. The van der Waals surface area contributed by atoms with Crippen LogP contribution in [0.25, 0.3) is 0 Å². The monoisotopic (exact) mass is 307 g/mol. The number of imide groups is 1. The molecule has 108 valence electrons. The SMILES string of the molecule is O=C1CCC(=O)N1c1nn(Cc2cccc(F)c2)cc1Cl. The minimum absolute atomic E-state index is 0.139. The second kappa shape index (κ2) is 5.29. The van der Waals surface area contributed by atoms with Crippen LogP contribution in [0.4, 0.5) is 10.2 Å². The predicted molar refractivity (Wildman–Crippen MR) is 74.5 cm³/mol. The molecule has 0 bridgehead atoms. The molecule has 0 saturated carbocycles. The van der Waals surface area contributed by atoms with E-state index in [2.05, 4.69) is 5.10 Å². The first-order valence-electron chi connectivity index (χ1n) is 6.38. The molecule has 0 N–H and O–H groups in total. The first kappa shape index (κ1) is 13.8. The number of amides is 2. The predicted octanol–water partition coefficient (Wildman–Crippen LogP) is 2.38. The van der Waals surface area contributed by atoms with Crippen molar-refractivity contribution >= 4 is 29.2 Å². The summed E-state index contributed by atoms with van der Waals surface area (Å²) in [6.45, 7) is 0.299. The van der Waals surface area contributed by atoms with Crippen molar-refractivity contribution in [3.8, 4) is 0 Å². The van der Waals surface area contributed by atoms with Crippen molar-refractivity contribution in [2.24, 2.45) is 0 Å². The average molecular weight is 308 g/mol. The Hall–Kier alpha value is -2.21. The number of halogens is 2. The van der Waals surface area contributed by atoms with Crippen LogP contribution in [0.5, 0.6) is 0 Å². The van der Waals surface area contributed by atoms with Gasteiger partial charge in [-0.2, -0.15) is 5.10 Å². The molecule has 21 heavy (non-hydrogen) atoms. The number of aromatic nitrogens is 2. The van der Waals surface area contributed by atoms with Crippen LogP contribution >= 0.6 is 11.6 Å². The van der Waals surface area contributed by atoms with E-state index in [1.807, 2.05) is 0 Å². The maximum Gasteiger partial charge on any atom is 0.235 e. The molecule has 2 heterocycles. The van der Waals surface area contributed by atoms with Gasteiger partial charge >= 0.3 is 0 Å². The van der Waals surface area contributed by atoms with E-state index in [4.69, 9.17) is 11.6 Å². The maximum absolute atomic E-state index is 13.1. The second-order valence-corrected chi connectivity index (χ2v) is 5.16. The Balaban J connectivity index is 1.88. The molecule has 1 saturated heterocycles. The van der Waals surface area contributed by atoms with Gasteiger partial charge in [0.25, 0.3) is 0 Å². The number of anilines is 1. The molecule has 0 aliphatic carbocycles. The highest BCUT2D eigenvalue weighted by atomic mass is 35.5. The molecule has 1 aliphatic rings. The zero-order valence-corrected chi connectivity index (χ0v) is 11.7. The standard InChI is InChI=1S/C14H11ClFN3O2/c15-11-8-18(7-9-2-1-3-10(16)6-9)17-14(11)19-12(20)4-5-13(19)21/h1-3,6,8H,4-5,7H2. The summed E-state index contributed by atoms with van der Waals surface area (Å²) in [5.41, 5.74) is 0.708. The average Bonchev–Trinajstić information content (AvgIpc) is 2.93. The van der Waals surface area contributed by atoms with Gasteiger partial charge in [0.2, 0.25) is 11.8 Å². The lowest BCUT2D eigenvalue weighted by Gasteiger charge is -2.10. The van der Waals surface area contributed by atoms with Gasteiger partial charge in [-0.25, -0.2) is 9.29 Å². The van der Waals surface area contributed by atoms with Crippen LogP contribution < -0.4 is 4.90 Å². The summed E-state index contributed by atoms with van der Waals surface area (Å²) in [5.74, 6) is -0.813. The van der Waals surface area contributed by atoms with Gasteiger partial charge in [0.15, 0.2) is 5.82 Å². The van der Waals surface area contributed by atoms with Gasteiger partial charge in [-0.1, -0.05) is 23.7 Å². The van der Waals surface area contributed by atoms with E-state index in [1.165, 1.54) is 23.0 Å². The molecule has 7 heteroatoms. The fraction of sp³-hybridized carbons (Fsp3) is 0.214. The molecule has 1 aromatic carbocycles. The summed E-state index contributed by atoms with van der Waals surface area (Å²) >= 11 is 6.05. The largest absolute Gasteiger partial charge is 0.274 e. The summed E-state index contributed by atoms with van der Waals surface area (Å²) in [4.78, 5) is 24.4. The Morgan fingerprint density at radius 2 is 1.95 bits per heavy atom. The van der Waals surface area contributed by atoms with Crippen LogP contribution in [0.1, 0.15) is 18.4 Å². The van der Waals surface area contributed by atoms with Gasteiger partial charge in [-0.3, -0.25) is 14.3 Å². The highest BCUT2D eigenvalue weighted by Crippen LogP contribution is 2.28. The Labute approximate surface area is 124 Å². The van der Waals surface area contributed by atoms with Crippen molar-refractivity contribution in [3.63, 3.8) is 0 Å². The third-order valence-corrected chi connectivity index (χ3v) is 3.46. The van der Waals surface area contributed by atoms with Crippen molar-refractivity contribution in [2.45, 2.75) is 19.4 Å². The van der Waals surface area contributed by atoms with Crippen molar-refractivity contribution in [3.05, 3.63) is 46.9 Å². The van der Waals surface area contributed by atoms with Crippen molar-refractivity contribution in [1.29, 1.82) is 0 Å². The molecule has 2 amide bonds. The molecular formula is C14H11ClFN3O2. The number of hydrogen-bond acceptors (Lipinski definition) is 3. The number of hydrogen-bond donors (Lipinski definition) is 0. The minimum atomic E-state index is -0.337. The van der Waals surface area contributed by atoms with Crippen LogP contribution in [0.3, 0.4) is 0 Å². The number of nitrogens with zero attached hydrogens (tertiary/aromatic N) is 3. The lowest BCUT2D eigenvalue weighted by Crippen LogP contribution is -2.29. The Kier molecular flexibility index (Phi) is 3.47. The molecule has 0 unspecified atom stereocenters. The van der Waals surface area contributed by atoms with Gasteiger partial charge in [-0.05, 0) is 17.7 Å². The first-order valence-corrected chi connectivity index (χ1v) is 6.75. The van der Waals surface area contributed by atoms with E-state index in [1.54, 1.807) is 12.1 Å². The molecule has 1 aromatic heterocycles. The summed E-state index contributed by atoms with van der Waals surface area (Å²) in [5, 5.41) is 4.38. The minimum Gasteiger partial charge on any atom is -0.274 e. The number of rotatable bonds is 3. The van der Waals surface area contributed by atoms with E-state index in [9.17, 15) is 14.0 Å². The van der Waals surface area contributed by atoms with E-state index in [0.29, 0.717) is 12.1 Å². The van der Waals surface area contributed by atoms with Crippen molar-refractivity contribution in [1.82, 2.24) is 9.78 Å². The van der Waals surface area contributed by atoms with Gasteiger partial charge in [0.1, 0.15) is 10.8 Å². The van der Waals surface area contributed by atoms with E-state index in [-0.39, 0.29) is 41.3 Å². The third-order valence-electron chi connectivity index (χ3n) is 3.20. The van der Waals surface area contributed by atoms with Crippen LogP contribution in [-0.4, -0.2) is 21.6 Å². The molecule has 0 radical (unpaired) electrons. The molecule has 1 aliphatic heterocycles. The second-order valence-electron chi connectivity index (χ2n) is 4.75. The summed E-state index contributed by atoms with van der Waals surface area (Å²) < 4.78 is 14.6. The summed E-state index contributed by atoms with van der Waals surface area (Å²) in [6.07, 6.45) is 1.86. The normalized spacial score (nSPS) is 15.0. The molecule has 1 fully saturated rings. The fourth-order valence-corrected chi connectivity index (χ4v) is 2.49. The molecular weight excluding hydrogens is 297 g/mol. The summed E-state index contributed by atoms with van der Waals surface area (Å²) in [6, 6.07) is 6.10. The number of carbonyl (C=O) groups is 2. The van der Waals surface area contributed by atoms with Gasteiger partial charge in [0.05, 0.1) is 6.54 Å². The van der Waals surface area contributed by atoms with E-state index in [0.717, 1.165) is 4.90 Å². The molecule has 0 spiro atoms. The smallest absolute Gasteiger partial charge is 0.235 e. The van der Waals surface area contributed by atoms with Gasteiger partial charge in [-0.15, -0.1) is 0 Å². The zero-order valence-electron chi connectivity index (χ0n) is 10.9. The Bertz CT molecular complexity index is 713. The Morgan fingerprint density at radius 3 is 2.62 bits per heavy atom. The van der Waals surface area contributed by atoms with Crippen LogP contribution in [-0.2, 0) is 16.1 Å². The van der Waals surface area contributed by atoms with Gasteiger partial charge in [0, 0.05) is 19.0 Å². The molecule has 0 atom stereocenters.